The Morgan fingerprint density at radius 1 is 0.975 bits per heavy atom. The molecule has 4 fully saturated rings. The van der Waals surface area contributed by atoms with Crippen LogP contribution < -0.4 is 0 Å². The molecule has 0 N–H and O–H groups in total. The zero-order chi connectivity index (χ0) is 28.1. The van der Waals surface area contributed by atoms with Crippen molar-refractivity contribution in [1.82, 2.24) is 9.80 Å². The van der Waals surface area contributed by atoms with Crippen molar-refractivity contribution in [2.75, 3.05) is 33.2 Å². The Morgan fingerprint density at radius 2 is 1.73 bits per heavy atom. The molecule has 0 radical (unpaired) electrons. The summed E-state index contributed by atoms with van der Waals surface area (Å²) in [6, 6.07) is 7.83. The fourth-order valence-corrected chi connectivity index (χ4v) is 9.49. The molecule has 1 aromatic rings. The Hall–Kier alpha value is -2.31. The minimum atomic E-state index is -0.375. The monoisotopic (exact) mass is 545 g/mol. The number of hydrogen-bond acceptors (Lipinski definition) is 6. The van der Waals surface area contributed by atoms with Crippen molar-refractivity contribution in [3.8, 4) is 0 Å². The maximum Gasteiger partial charge on any atom is 0.365 e. The summed E-state index contributed by atoms with van der Waals surface area (Å²) >= 11 is 0. The number of hydrogen-bond donors (Lipinski definition) is 0. The van der Waals surface area contributed by atoms with E-state index in [-0.39, 0.29) is 16.8 Å². The highest BCUT2D eigenvalue weighted by atomic mass is 16.7. The van der Waals surface area contributed by atoms with Crippen molar-refractivity contribution >= 4 is 17.5 Å². The summed E-state index contributed by atoms with van der Waals surface area (Å²) in [6.07, 6.45) is 10.8. The average molecular weight is 546 g/mol. The lowest BCUT2D eigenvalue weighted by molar-refractivity contribution is -0.117. The van der Waals surface area contributed by atoms with E-state index < -0.39 is 0 Å². The molecule has 1 saturated heterocycles. The van der Waals surface area contributed by atoms with Gasteiger partial charge < -0.3 is 9.74 Å². The average Bonchev–Trinajstić information content (AvgIpc) is 3.31. The van der Waals surface area contributed by atoms with E-state index in [0.717, 1.165) is 63.6 Å². The summed E-state index contributed by atoms with van der Waals surface area (Å²) in [5.41, 5.74) is 4.58. The van der Waals surface area contributed by atoms with Gasteiger partial charge in [-0.15, -0.1) is 0 Å². The molecule has 216 valence electrons. The van der Waals surface area contributed by atoms with Gasteiger partial charge in [0.05, 0.1) is 11.3 Å². The molecule has 5 aliphatic rings. The number of allylic oxidation sites excluding steroid dienone is 1. The molecule has 0 bridgehead atoms. The van der Waals surface area contributed by atoms with Crippen LogP contribution in [0.25, 0.3) is 0 Å². The largest absolute Gasteiger partial charge is 0.365 e. The Balaban J connectivity index is 1.08. The Kier molecular flexibility index (Phi) is 7.54. The van der Waals surface area contributed by atoms with E-state index in [9.17, 15) is 9.59 Å². The number of carbonyl (C=O) groups excluding carboxylic acids is 2. The van der Waals surface area contributed by atoms with Crippen molar-refractivity contribution in [3.05, 3.63) is 47.0 Å². The highest BCUT2D eigenvalue weighted by Crippen LogP contribution is 2.66. The van der Waals surface area contributed by atoms with Gasteiger partial charge in [-0.3, -0.25) is 9.69 Å². The van der Waals surface area contributed by atoms with Crippen molar-refractivity contribution in [2.24, 2.45) is 39.7 Å². The van der Waals surface area contributed by atoms with Crippen LogP contribution in [0.2, 0.25) is 0 Å². The van der Waals surface area contributed by atoms with Gasteiger partial charge in [-0.1, -0.05) is 36.7 Å². The molecule has 1 aliphatic heterocycles. The summed E-state index contributed by atoms with van der Waals surface area (Å²) in [6.45, 7) is 12.3. The smallest absolute Gasteiger partial charge is 0.313 e. The number of nitrogens with zero attached hydrogens (tertiary/aromatic N) is 3. The molecule has 6 nitrogen and oxygen atoms in total. The van der Waals surface area contributed by atoms with E-state index in [1.807, 2.05) is 30.3 Å². The van der Waals surface area contributed by atoms with E-state index in [2.05, 4.69) is 42.8 Å². The van der Waals surface area contributed by atoms with Crippen molar-refractivity contribution in [2.45, 2.75) is 78.7 Å². The lowest BCUT2D eigenvalue weighted by atomic mass is 9.46. The minimum Gasteiger partial charge on any atom is -0.313 e. The van der Waals surface area contributed by atoms with Crippen LogP contribution >= 0.6 is 0 Å². The van der Waals surface area contributed by atoms with Crippen LogP contribution in [0.5, 0.6) is 0 Å². The standard InChI is InChI=1S/C34H47N3O3/c1-23(35-40-32(39)25-7-5-24(6-8-25)22-37-19-17-36(4)18-20-37)29-11-12-30-28-10-9-26-21-27(38)13-15-33(26,2)31(28)14-16-34(29,30)3/h5-8,21,28-31H,9-20,22H2,1-4H3/b35-23+/t28-,29+,30-,31-,33-,34+/m0/s1. The second-order valence-electron chi connectivity index (χ2n) is 14.0. The van der Waals surface area contributed by atoms with Crippen LogP contribution in [0.4, 0.5) is 0 Å². The number of ketones is 1. The van der Waals surface area contributed by atoms with Crippen LogP contribution in [0, 0.1) is 34.5 Å². The van der Waals surface area contributed by atoms with Gasteiger partial charge in [0.2, 0.25) is 0 Å². The third-order valence-corrected chi connectivity index (χ3v) is 11.9. The summed E-state index contributed by atoms with van der Waals surface area (Å²) in [5, 5.41) is 4.44. The van der Waals surface area contributed by atoms with Gasteiger partial charge in [0.1, 0.15) is 0 Å². The third kappa shape index (κ3) is 5.00. The first-order chi connectivity index (χ1) is 19.2. The molecule has 4 aliphatic carbocycles. The highest BCUT2D eigenvalue weighted by molar-refractivity contribution is 5.92. The minimum absolute atomic E-state index is 0.203. The normalized spacial score (nSPS) is 36.9. The van der Waals surface area contributed by atoms with E-state index in [1.165, 1.54) is 36.8 Å². The molecule has 0 amide bonds. The fraction of sp³-hybridized carbons (Fsp3) is 0.676. The van der Waals surface area contributed by atoms with Gasteiger partial charge in [-0.2, -0.15) is 0 Å². The van der Waals surface area contributed by atoms with Gasteiger partial charge in [-0.05, 0) is 111 Å². The molecule has 6 rings (SSSR count). The maximum atomic E-state index is 12.9. The number of fused-ring (bicyclic) bond motifs is 5. The van der Waals surface area contributed by atoms with E-state index in [4.69, 9.17) is 4.84 Å². The van der Waals surface area contributed by atoms with Gasteiger partial charge in [0, 0.05) is 45.1 Å². The highest BCUT2D eigenvalue weighted by Gasteiger charge is 2.59. The summed E-state index contributed by atoms with van der Waals surface area (Å²) < 4.78 is 0. The van der Waals surface area contributed by atoms with Gasteiger partial charge >= 0.3 is 5.97 Å². The second-order valence-corrected chi connectivity index (χ2v) is 14.0. The molecule has 3 saturated carbocycles. The van der Waals surface area contributed by atoms with Crippen LogP contribution in [-0.2, 0) is 16.2 Å². The molecule has 1 aromatic carbocycles. The number of likely N-dealkylation sites (N-methyl/N-ethyl adjacent to an activating group) is 1. The SMILES string of the molecule is C/C(=N\OC(=O)c1ccc(CN2CCN(C)CC2)cc1)[C@H]1CC[C@H]2[C@@H]3CCC4=CC(=O)CC[C@]4(C)[C@H]3CC[C@]12C. The zero-order valence-corrected chi connectivity index (χ0v) is 25.0. The van der Waals surface area contributed by atoms with Crippen molar-refractivity contribution in [3.63, 3.8) is 0 Å². The fourth-order valence-electron chi connectivity index (χ4n) is 9.49. The first-order valence-electron chi connectivity index (χ1n) is 15.7. The van der Waals surface area contributed by atoms with Gasteiger partial charge in [0.15, 0.2) is 5.78 Å². The van der Waals surface area contributed by atoms with Crippen molar-refractivity contribution in [1.29, 1.82) is 0 Å². The van der Waals surface area contributed by atoms with Crippen LogP contribution in [0.3, 0.4) is 0 Å². The Labute approximate surface area is 240 Å². The molecule has 0 unspecified atom stereocenters. The topological polar surface area (TPSA) is 62.2 Å². The summed E-state index contributed by atoms with van der Waals surface area (Å²) in [5.74, 6) is 2.40. The molecule has 40 heavy (non-hydrogen) atoms. The predicted molar refractivity (Wildman–Crippen MR) is 158 cm³/mol. The van der Waals surface area contributed by atoms with Gasteiger partial charge in [0.25, 0.3) is 0 Å². The molecule has 0 spiro atoms. The number of oxime groups is 1. The number of rotatable bonds is 5. The number of piperazine rings is 1. The number of carbonyl (C=O) groups is 2. The third-order valence-electron chi connectivity index (χ3n) is 11.9. The predicted octanol–water partition coefficient (Wildman–Crippen LogP) is 6.11. The Morgan fingerprint density at radius 3 is 2.48 bits per heavy atom. The van der Waals surface area contributed by atoms with E-state index >= 15 is 0 Å². The lowest BCUT2D eigenvalue weighted by Gasteiger charge is -2.58. The Bertz CT molecular complexity index is 1200. The molecule has 6 atom stereocenters. The quantitative estimate of drug-likeness (QED) is 0.254. The molecule has 6 heteroatoms. The van der Waals surface area contributed by atoms with Crippen LogP contribution in [0.1, 0.15) is 88.1 Å². The zero-order valence-electron chi connectivity index (χ0n) is 25.0. The first kappa shape index (κ1) is 27.8. The van der Waals surface area contributed by atoms with Crippen LogP contribution in [0.15, 0.2) is 41.1 Å². The van der Waals surface area contributed by atoms with E-state index in [0.29, 0.717) is 35.5 Å². The molecule has 0 aromatic heterocycles. The van der Waals surface area contributed by atoms with Crippen LogP contribution in [-0.4, -0.2) is 60.5 Å². The first-order valence-corrected chi connectivity index (χ1v) is 15.7. The van der Waals surface area contributed by atoms with Crippen molar-refractivity contribution < 1.29 is 14.4 Å². The maximum absolute atomic E-state index is 12.9. The van der Waals surface area contributed by atoms with E-state index in [1.54, 1.807) is 0 Å². The summed E-state index contributed by atoms with van der Waals surface area (Å²) in [4.78, 5) is 35.4. The lowest BCUT2D eigenvalue weighted by Crippen LogP contribution is -2.51. The molecular weight excluding hydrogens is 498 g/mol. The number of benzene rings is 1. The molecular formula is C34H47N3O3. The summed E-state index contributed by atoms with van der Waals surface area (Å²) in [7, 11) is 2.17. The second kappa shape index (κ2) is 10.8. The molecule has 1 heterocycles. The van der Waals surface area contributed by atoms with Gasteiger partial charge in [-0.25, -0.2) is 4.79 Å².